The van der Waals surface area contributed by atoms with Gasteiger partial charge in [-0.25, -0.2) is 4.98 Å². The lowest BCUT2D eigenvalue weighted by Crippen LogP contribution is -2.38. The monoisotopic (exact) mass is 438 g/mol. The first-order chi connectivity index (χ1) is 10.2. The highest BCUT2D eigenvalue weighted by Gasteiger charge is 2.04. The first-order valence-electron chi connectivity index (χ1n) is 8.19. The number of halogens is 1. The van der Waals surface area contributed by atoms with Gasteiger partial charge in [0.15, 0.2) is 5.96 Å². The molecule has 4 nitrogen and oxygen atoms in total. The molecule has 0 fully saturated rings. The number of aromatic nitrogens is 1. The number of guanidine groups is 1. The van der Waals surface area contributed by atoms with Crippen molar-refractivity contribution in [2.45, 2.75) is 53.4 Å². The lowest BCUT2D eigenvalue weighted by molar-refractivity contribution is 0.504. The molecule has 0 saturated heterocycles. The van der Waals surface area contributed by atoms with Gasteiger partial charge in [-0.15, -0.1) is 35.3 Å². The molecule has 0 amide bonds. The maximum Gasteiger partial charge on any atom is 0.191 e. The van der Waals surface area contributed by atoms with E-state index in [1.54, 1.807) is 0 Å². The molecule has 0 bridgehead atoms. The smallest absolute Gasteiger partial charge is 0.191 e. The second-order valence-corrected chi connectivity index (χ2v) is 6.35. The summed E-state index contributed by atoms with van der Waals surface area (Å²) in [5.41, 5.74) is 0. The molecule has 0 aliphatic carbocycles. The van der Waals surface area contributed by atoms with E-state index in [1.165, 1.54) is 22.7 Å². The van der Waals surface area contributed by atoms with E-state index in [1.807, 2.05) is 17.5 Å². The predicted molar refractivity (Wildman–Crippen MR) is 109 cm³/mol. The van der Waals surface area contributed by atoms with E-state index in [0.717, 1.165) is 38.4 Å². The molecule has 6 heteroatoms. The molecule has 0 aromatic carbocycles. The van der Waals surface area contributed by atoms with E-state index in [9.17, 15) is 0 Å². The van der Waals surface area contributed by atoms with Crippen molar-refractivity contribution in [3.8, 4) is 0 Å². The molecule has 1 heterocycles. The normalized spacial score (nSPS) is 11.4. The largest absolute Gasteiger partial charge is 0.357 e. The third-order valence-corrected chi connectivity index (χ3v) is 4.79. The van der Waals surface area contributed by atoms with Gasteiger partial charge in [-0.05, 0) is 19.3 Å². The van der Waals surface area contributed by atoms with Crippen molar-refractivity contribution in [3.05, 3.63) is 16.1 Å². The third-order valence-electron chi connectivity index (χ3n) is 3.59. The molecule has 0 spiro atoms. The number of aryl methyl sites for hydroxylation is 1. The molecule has 1 aromatic rings. The van der Waals surface area contributed by atoms with E-state index < -0.39 is 0 Å². The second-order valence-electron chi connectivity index (χ2n) is 5.15. The van der Waals surface area contributed by atoms with E-state index in [-0.39, 0.29) is 24.0 Å². The molecule has 0 unspecified atom stereocenters. The molecule has 0 aliphatic rings. The quantitative estimate of drug-likeness (QED) is 0.350. The van der Waals surface area contributed by atoms with Crippen LogP contribution in [0.25, 0.3) is 0 Å². The van der Waals surface area contributed by atoms with Crippen LogP contribution in [0.15, 0.2) is 11.2 Å². The van der Waals surface area contributed by atoms with Crippen LogP contribution in [0.4, 0.5) is 0 Å². The summed E-state index contributed by atoms with van der Waals surface area (Å²) < 4.78 is 0. The lowest BCUT2D eigenvalue weighted by Gasteiger charge is -2.13. The Morgan fingerprint density at radius 2 is 1.95 bits per heavy atom. The Kier molecular flexibility index (Phi) is 12.9. The van der Waals surface area contributed by atoms with Gasteiger partial charge in [0.05, 0.1) is 5.01 Å². The van der Waals surface area contributed by atoms with Gasteiger partial charge in [-0.1, -0.05) is 33.6 Å². The van der Waals surface area contributed by atoms with Crippen molar-refractivity contribution in [1.82, 2.24) is 15.6 Å². The molecule has 1 aromatic heterocycles. The van der Waals surface area contributed by atoms with Gasteiger partial charge in [-0.3, -0.25) is 4.99 Å². The van der Waals surface area contributed by atoms with Crippen molar-refractivity contribution in [2.24, 2.45) is 10.9 Å². The van der Waals surface area contributed by atoms with Crippen LogP contribution in [0, 0.1) is 5.92 Å². The number of rotatable bonds is 9. The van der Waals surface area contributed by atoms with Crippen molar-refractivity contribution in [3.63, 3.8) is 0 Å². The summed E-state index contributed by atoms with van der Waals surface area (Å²) in [6.45, 7) is 11.4. The van der Waals surface area contributed by atoms with E-state index >= 15 is 0 Å². The maximum atomic E-state index is 4.69. The summed E-state index contributed by atoms with van der Waals surface area (Å²) >= 11 is 1.81. The molecule has 1 rings (SSSR count). The summed E-state index contributed by atoms with van der Waals surface area (Å²) in [5.74, 6) is 1.61. The Morgan fingerprint density at radius 1 is 1.23 bits per heavy atom. The van der Waals surface area contributed by atoms with Crippen molar-refractivity contribution in [1.29, 1.82) is 0 Å². The standard InChI is InChI=1S/C16H30N4S.HI/c1-5-13(6-2)11-20-16(17-8-4)18-10-9-15-19-12-14(7-3)21-15;/h12-13H,5-11H2,1-4H3,(H2,17,18,20);1H. The average Bonchev–Trinajstić information content (AvgIpc) is 2.96. The fourth-order valence-electron chi connectivity index (χ4n) is 2.02. The summed E-state index contributed by atoms with van der Waals surface area (Å²) in [6.07, 6.45) is 6.41. The van der Waals surface area contributed by atoms with Gasteiger partial charge < -0.3 is 10.6 Å². The topological polar surface area (TPSA) is 49.3 Å². The van der Waals surface area contributed by atoms with Crippen LogP contribution in [0.2, 0.25) is 0 Å². The maximum absolute atomic E-state index is 4.69. The van der Waals surface area contributed by atoms with Crippen LogP contribution >= 0.6 is 35.3 Å². The fraction of sp³-hybridized carbons (Fsp3) is 0.750. The van der Waals surface area contributed by atoms with Gasteiger partial charge in [0.1, 0.15) is 0 Å². The zero-order chi connectivity index (χ0) is 15.5. The van der Waals surface area contributed by atoms with Crippen LogP contribution in [0.1, 0.15) is 50.4 Å². The van der Waals surface area contributed by atoms with Gasteiger partial charge in [0.2, 0.25) is 0 Å². The number of aliphatic imine (C=N–C) groups is 1. The van der Waals surface area contributed by atoms with E-state index in [4.69, 9.17) is 0 Å². The molecule has 0 atom stereocenters. The highest BCUT2D eigenvalue weighted by molar-refractivity contribution is 14.0. The first kappa shape index (κ1) is 21.6. The van der Waals surface area contributed by atoms with Crippen LogP contribution in [0.3, 0.4) is 0 Å². The van der Waals surface area contributed by atoms with Gasteiger partial charge >= 0.3 is 0 Å². The van der Waals surface area contributed by atoms with Crippen molar-refractivity contribution in [2.75, 3.05) is 19.6 Å². The van der Waals surface area contributed by atoms with Crippen molar-refractivity contribution >= 4 is 41.3 Å². The molecule has 0 aliphatic heterocycles. The fourth-order valence-corrected chi connectivity index (χ4v) is 2.89. The lowest BCUT2D eigenvalue weighted by atomic mass is 10.0. The number of hydrogen-bond acceptors (Lipinski definition) is 3. The van der Waals surface area contributed by atoms with Gasteiger partial charge in [-0.2, -0.15) is 0 Å². The van der Waals surface area contributed by atoms with Gasteiger partial charge in [0.25, 0.3) is 0 Å². The summed E-state index contributed by atoms with van der Waals surface area (Å²) in [6, 6.07) is 0. The molecule has 22 heavy (non-hydrogen) atoms. The van der Waals surface area contributed by atoms with E-state index in [0.29, 0.717) is 5.92 Å². The number of nitrogens with one attached hydrogen (secondary N) is 2. The highest BCUT2D eigenvalue weighted by atomic mass is 127. The summed E-state index contributed by atoms with van der Waals surface area (Å²) in [4.78, 5) is 10.5. The third kappa shape index (κ3) is 8.31. The molecule has 0 radical (unpaired) electrons. The minimum absolute atomic E-state index is 0. The Labute approximate surface area is 156 Å². The van der Waals surface area contributed by atoms with E-state index in [2.05, 4.69) is 48.3 Å². The number of nitrogens with zero attached hydrogens (tertiary/aromatic N) is 2. The minimum Gasteiger partial charge on any atom is -0.357 e. The predicted octanol–water partition coefficient (Wildman–Crippen LogP) is 3.86. The first-order valence-corrected chi connectivity index (χ1v) is 9.00. The molecular formula is C16H31IN4S. The van der Waals surface area contributed by atoms with Crippen LogP contribution in [0.5, 0.6) is 0 Å². The molecule has 128 valence electrons. The average molecular weight is 438 g/mol. The number of thiazole rings is 1. The number of hydrogen-bond donors (Lipinski definition) is 2. The van der Waals surface area contributed by atoms with Gasteiger partial charge in [0, 0.05) is 37.1 Å². The minimum atomic E-state index is 0. The summed E-state index contributed by atoms with van der Waals surface area (Å²) in [5, 5.41) is 7.92. The van der Waals surface area contributed by atoms with Crippen LogP contribution in [-0.2, 0) is 12.8 Å². The molecular weight excluding hydrogens is 407 g/mol. The highest BCUT2D eigenvalue weighted by Crippen LogP contribution is 2.13. The SMILES string of the molecule is CCNC(=NCC(CC)CC)NCCc1ncc(CC)s1.I. The van der Waals surface area contributed by atoms with Crippen LogP contribution < -0.4 is 10.6 Å². The van der Waals surface area contributed by atoms with Crippen LogP contribution in [-0.4, -0.2) is 30.6 Å². The van der Waals surface area contributed by atoms with Crippen molar-refractivity contribution < 1.29 is 0 Å². The Bertz CT molecular complexity index is 416. The zero-order valence-electron chi connectivity index (χ0n) is 14.3. The Hall–Kier alpha value is -0.370. The zero-order valence-corrected chi connectivity index (χ0v) is 17.5. The molecule has 2 N–H and O–H groups in total. The summed E-state index contributed by atoms with van der Waals surface area (Å²) in [7, 11) is 0. The Balaban J connectivity index is 0.00000441. The molecule has 0 saturated carbocycles. The Morgan fingerprint density at radius 3 is 2.50 bits per heavy atom. The second kappa shape index (κ2) is 13.1.